The molecule has 0 aliphatic heterocycles. The number of benzene rings is 1. The predicted molar refractivity (Wildman–Crippen MR) is 67.3 cm³/mol. The molecule has 0 N–H and O–H groups in total. The normalized spacial score (nSPS) is 10.4. The second-order valence-corrected chi connectivity index (χ2v) is 4.20. The number of esters is 1. The minimum Gasteiger partial charge on any atom is -0.482 e. The highest BCUT2D eigenvalue weighted by molar-refractivity contribution is 5.71. The van der Waals surface area contributed by atoms with Crippen LogP contribution in [0.2, 0.25) is 0 Å². The maximum Gasteiger partial charge on any atom is 0.344 e. The van der Waals surface area contributed by atoms with Gasteiger partial charge in [0.1, 0.15) is 5.75 Å². The molecule has 0 spiro atoms. The monoisotopic (exact) mass is 236 g/mol. The number of carbonyl (C=O) groups excluding carboxylic acids is 1. The van der Waals surface area contributed by atoms with Crippen LogP contribution in [0.15, 0.2) is 24.3 Å². The third kappa shape index (κ3) is 4.47. The van der Waals surface area contributed by atoms with Crippen molar-refractivity contribution < 1.29 is 14.3 Å². The summed E-state index contributed by atoms with van der Waals surface area (Å²) in [6.07, 6.45) is 0.828. The van der Waals surface area contributed by atoms with E-state index < -0.39 is 0 Å². The van der Waals surface area contributed by atoms with Crippen LogP contribution in [0.4, 0.5) is 0 Å². The fourth-order valence-electron chi connectivity index (χ4n) is 1.48. The molecule has 0 fully saturated rings. The van der Waals surface area contributed by atoms with Crippen molar-refractivity contribution in [3.05, 3.63) is 29.8 Å². The first kappa shape index (κ1) is 13.6. The third-order valence-corrected chi connectivity index (χ3v) is 2.35. The summed E-state index contributed by atoms with van der Waals surface area (Å²) in [5.41, 5.74) is 1.11. The fraction of sp³-hybridized carbons (Fsp3) is 0.500. The molecule has 0 unspecified atom stereocenters. The van der Waals surface area contributed by atoms with E-state index in [1.54, 1.807) is 0 Å². The zero-order valence-electron chi connectivity index (χ0n) is 10.7. The standard InChI is InChI=1S/C14H20O3/c1-4-9-16-14(15)10-17-13-8-6-5-7-12(13)11(2)3/h5-8,11H,4,9-10H2,1-3H3. The number of carbonyl (C=O) groups is 1. The summed E-state index contributed by atoms with van der Waals surface area (Å²) in [5.74, 6) is 0.819. The molecule has 0 amide bonds. The fourth-order valence-corrected chi connectivity index (χ4v) is 1.48. The number of ether oxygens (including phenoxy) is 2. The average molecular weight is 236 g/mol. The molecule has 94 valence electrons. The lowest BCUT2D eigenvalue weighted by atomic mass is 10.0. The van der Waals surface area contributed by atoms with E-state index in [9.17, 15) is 4.79 Å². The van der Waals surface area contributed by atoms with Crippen LogP contribution in [0.3, 0.4) is 0 Å². The Bertz CT molecular complexity index is 358. The molecule has 0 atom stereocenters. The van der Waals surface area contributed by atoms with Crippen molar-refractivity contribution in [2.45, 2.75) is 33.1 Å². The van der Waals surface area contributed by atoms with Crippen LogP contribution >= 0.6 is 0 Å². The van der Waals surface area contributed by atoms with Crippen LogP contribution in [0.25, 0.3) is 0 Å². The Hall–Kier alpha value is -1.51. The smallest absolute Gasteiger partial charge is 0.344 e. The van der Waals surface area contributed by atoms with Gasteiger partial charge >= 0.3 is 5.97 Å². The Morgan fingerprint density at radius 1 is 1.29 bits per heavy atom. The van der Waals surface area contributed by atoms with E-state index in [-0.39, 0.29) is 12.6 Å². The molecule has 3 heteroatoms. The minimum atomic E-state index is -0.314. The molecule has 0 saturated carbocycles. The number of para-hydroxylation sites is 1. The Balaban J connectivity index is 2.54. The van der Waals surface area contributed by atoms with Crippen molar-refractivity contribution in [2.75, 3.05) is 13.2 Å². The summed E-state index contributed by atoms with van der Waals surface area (Å²) in [5, 5.41) is 0. The highest BCUT2D eigenvalue weighted by atomic mass is 16.6. The van der Waals surface area contributed by atoms with Gasteiger partial charge in [0.15, 0.2) is 6.61 Å². The van der Waals surface area contributed by atoms with Gasteiger partial charge in [-0.2, -0.15) is 0 Å². The predicted octanol–water partition coefficient (Wildman–Crippen LogP) is 3.14. The summed E-state index contributed by atoms with van der Waals surface area (Å²) in [6, 6.07) is 7.76. The zero-order valence-corrected chi connectivity index (χ0v) is 10.7. The number of rotatable bonds is 6. The topological polar surface area (TPSA) is 35.5 Å². The number of hydrogen-bond acceptors (Lipinski definition) is 3. The van der Waals surface area contributed by atoms with Crippen LogP contribution in [-0.4, -0.2) is 19.2 Å². The SMILES string of the molecule is CCCOC(=O)COc1ccccc1C(C)C. The van der Waals surface area contributed by atoms with Crippen LogP contribution in [0.5, 0.6) is 5.75 Å². The minimum absolute atomic E-state index is 0.0241. The number of hydrogen-bond donors (Lipinski definition) is 0. The molecule has 1 aromatic carbocycles. The largest absolute Gasteiger partial charge is 0.482 e. The second kappa shape index (κ2) is 6.94. The van der Waals surface area contributed by atoms with Gasteiger partial charge in [0.25, 0.3) is 0 Å². The summed E-state index contributed by atoms with van der Waals surface area (Å²) in [4.78, 5) is 11.3. The van der Waals surface area contributed by atoms with Gasteiger partial charge in [-0.1, -0.05) is 39.0 Å². The Kier molecular flexibility index (Phi) is 5.53. The highest BCUT2D eigenvalue weighted by Crippen LogP contribution is 2.25. The van der Waals surface area contributed by atoms with Gasteiger partial charge in [0, 0.05) is 0 Å². The van der Waals surface area contributed by atoms with E-state index >= 15 is 0 Å². The molecule has 3 nitrogen and oxygen atoms in total. The molecule has 0 aliphatic rings. The molecule has 0 saturated heterocycles. The van der Waals surface area contributed by atoms with Gasteiger partial charge < -0.3 is 9.47 Å². The summed E-state index contributed by atoms with van der Waals surface area (Å²) in [7, 11) is 0. The molecule has 0 heterocycles. The molecule has 1 rings (SSSR count). The Labute approximate surface area is 103 Å². The van der Waals surface area contributed by atoms with Crippen molar-refractivity contribution in [1.82, 2.24) is 0 Å². The first-order chi connectivity index (χ1) is 8.15. The van der Waals surface area contributed by atoms with E-state index in [2.05, 4.69) is 13.8 Å². The van der Waals surface area contributed by atoms with E-state index in [0.29, 0.717) is 12.5 Å². The quantitative estimate of drug-likeness (QED) is 0.712. The van der Waals surface area contributed by atoms with Crippen molar-refractivity contribution in [3.63, 3.8) is 0 Å². The first-order valence-electron chi connectivity index (χ1n) is 6.02. The lowest BCUT2D eigenvalue weighted by Crippen LogP contribution is -2.15. The zero-order chi connectivity index (χ0) is 12.7. The van der Waals surface area contributed by atoms with Crippen molar-refractivity contribution in [2.24, 2.45) is 0 Å². The van der Waals surface area contributed by atoms with Crippen LogP contribution in [-0.2, 0) is 9.53 Å². The first-order valence-corrected chi connectivity index (χ1v) is 6.02. The molecule has 17 heavy (non-hydrogen) atoms. The molecule has 1 aromatic rings. The molecule has 0 radical (unpaired) electrons. The van der Waals surface area contributed by atoms with Crippen molar-refractivity contribution >= 4 is 5.97 Å². The van der Waals surface area contributed by atoms with Crippen LogP contribution in [0, 0.1) is 0 Å². The van der Waals surface area contributed by atoms with Gasteiger partial charge in [-0.15, -0.1) is 0 Å². The van der Waals surface area contributed by atoms with Gasteiger partial charge in [-0.25, -0.2) is 4.79 Å². The molecule has 0 aromatic heterocycles. The average Bonchev–Trinajstić information content (AvgIpc) is 2.34. The molecule has 0 aliphatic carbocycles. The van der Waals surface area contributed by atoms with E-state index in [1.807, 2.05) is 31.2 Å². The summed E-state index contributed by atoms with van der Waals surface area (Å²) >= 11 is 0. The van der Waals surface area contributed by atoms with E-state index in [0.717, 1.165) is 17.7 Å². The van der Waals surface area contributed by atoms with Crippen LogP contribution in [0.1, 0.15) is 38.7 Å². The van der Waals surface area contributed by atoms with E-state index in [1.165, 1.54) is 0 Å². The molecular weight excluding hydrogens is 216 g/mol. The maximum absolute atomic E-state index is 11.3. The molecule has 0 bridgehead atoms. The highest BCUT2D eigenvalue weighted by Gasteiger charge is 2.09. The lowest BCUT2D eigenvalue weighted by molar-refractivity contribution is -0.146. The van der Waals surface area contributed by atoms with Gasteiger partial charge in [-0.05, 0) is 24.0 Å². The Morgan fingerprint density at radius 2 is 2.00 bits per heavy atom. The molecular formula is C14H20O3. The van der Waals surface area contributed by atoms with Crippen LogP contribution < -0.4 is 4.74 Å². The third-order valence-electron chi connectivity index (χ3n) is 2.35. The van der Waals surface area contributed by atoms with Gasteiger partial charge in [0.2, 0.25) is 0 Å². The van der Waals surface area contributed by atoms with Crippen molar-refractivity contribution in [3.8, 4) is 5.75 Å². The maximum atomic E-state index is 11.3. The summed E-state index contributed by atoms with van der Waals surface area (Å²) in [6.45, 7) is 6.58. The summed E-state index contributed by atoms with van der Waals surface area (Å²) < 4.78 is 10.4. The van der Waals surface area contributed by atoms with E-state index in [4.69, 9.17) is 9.47 Å². The second-order valence-electron chi connectivity index (χ2n) is 4.20. The van der Waals surface area contributed by atoms with Gasteiger partial charge in [-0.3, -0.25) is 0 Å². The van der Waals surface area contributed by atoms with Gasteiger partial charge in [0.05, 0.1) is 6.61 Å². The van der Waals surface area contributed by atoms with Crippen molar-refractivity contribution in [1.29, 1.82) is 0 Å². The lowest BCUT2D eigenvalue weighted by Gasteiger charge is -2.13. The Morgan fingerprint density at radius 3 is 2.65 bits per heavy atom.